The summed E-state index contributed by atoms with van der Waals surface area (Å²) >= 11 is 7.49. The maximum absolute atomic E-state index is 5.88. The molecule has 0 bridgehead atoms. The minimum atomic E-state index is 0.148. The van der Waals surface area contributed by atoms with Crippen molar-refractivity contribution in [1.29, 1.82) is 0 Å². The normalized spacial score (nSPS) is 12.7. The molecule has 84 valence electrons. The zero-order valence-corrected chi connectivity index (χ0v) is 10.7. The summed E-state index contributed by atoms with van der Waals surface area (Å²) in [4.78, 5) is 10.5. The molecular formula is C11H12ClN3S. The van der Waals surface area contributed by atoms with Crippen LogP contribution >= 0.6 is 22.9 Å². The van der Waals surface area contributed by atoms with Crippen LogP contribution in [0.25, 0.3) is 10.2 Å². The molecule has 1 N–H and O–H groups in total. The molecule has 1 atom stereocenters. The minimum absolute atomic E-state index is 0.148. The lowest BCUT2D eigenvalue weighted by atomic mass is 10.3. The van der Waals surface area contributed by atoms with Gasteiger partial charge in [0.1, 0.15) is 10.6 Å². The lowest BCUT2D eigenvalue weighted by Crippen LogP contribution is -2.12. The van der Waals surface area contributed by atoms with Crippen molar-refractivity contribution >= 4 is 39.0 Å². The average molecular weight is 254 g/mol. The molecule has 2 heterocycles. The van der Waals surface area contributed by atoms with Crippen LogP contribution in [0.5, 0.6) is 0 Å². The Morgan fingerprint density at radius 1 is 1.56 bits per heavy atom. The van der Waals surface area contributed by atoms with Crippen LogP contribution in [0.4, 0.5) is 5.82 Å². The highest BCUT2D eigenvalue weighted by Crippen LogP contribution is 2.29. The molecule has 0 aliphatic rings. The van der Waals surface area contributed by atoms with E-state index in [1.807, 2.05) is 19.9 Å². The van der Waals surface area contributed by atoms with E-state index < -0.39 is 0 Å². The van der Waals surface area contributed by atoms with Gasteiger partial charge in [-0.2, -0.15) is 0 Å². The molecule has 0 aliphatic heterocycles. The quantitative estimate of drug-likeness (QED) is 0.670. The summed E-state index contributed by atoms with van der Waals surface area (Å²) in [5.74, 6) is 0.770. The highest BCUT2D eigenvalue weighted by Gasteiger charge is 2.10. The predicted octanol–water partition coefficient (Wildman–Crippen LogP) is 3.64. The van der Waals surface area contributed by atoms with Crippen molar-refractivity contribution in [1.82, 2.24) is 9.97 Å². The molecule has 0 aliphatic carbocycles. The highest BCUT2D eigenvalue weighted by molar-refractivity contribution is 7.18. The third-order valence-corrected chi connectivity index (χ3v) is 3.32. The van der Waals surface area contributed by atoms with Gasteiger partial charge < -0.3 is 5.32 Å². The predicted molar refractivity (Wildman–Crippen MR) is 70.4 cm³/mol. The van der Waals surface area contributed by atoms with Crippen molar-refractivity contribution in [2.45, 2.75) is 19.9 Å². The summed E-state index contributed by atoms with van der Waals surface area (Å²) < 4.78 is 0. The molecule has 1 unspecified atom stereocenters. The first-order valence-electron chi connectivity index (χ1n) is 4.93. The number of hydrogen-bond acceptors (Lipinski definition) is 4. The summed E-state index contributed by atoms with van der Waals surface area (Å²) in [6.45, 7) is 7.78. The molecular weight excluding hydrogens is 242 g/mol. The Kier molecular flexibility index (Phi) is 3.12. The van der Waals surface area contributed by atoms with Gasteiger partial charge in [-0.25, -0.2) is 9.97 Å². The number of aryl methyl sites for hydroxylation is 1. The average Bonchev–Trinajstić information content (AvgIpc) is 2.58. The Morgan fingerprint density at radius 3 is 3.00 bits per heavy atom. The molecule has 0 saturated heterocycles. The third kappa shape index (κ3) is 2.18. The first-order valence-corrected chi connectivity index (χ1v) is 6.12. The second-order valence-electron chi connectivity index (χ2n) is 3.59. The van der Waals surface area contributed by atoms with Crippen LogP contribution in [0, 0.1) is 6.92 Å². The molecule has 0 fully saturated rings. The number of nitrogens with zero attached hydrogens (tertiary/aromatic N) is 2. The number of thiophene rings is 1. The van der Waals surface area contributed by atoms with Gasteiger partial charge in [0.15, 0.2) is 0 Å². The monoisotopic (exact) mass is 253 g/mol. The Bertz CT molecular complexity index is 535. The first-order chi connectivity index (χ1) is 7.60. The van der Waals surface area contributed by atoms with Gasteiger partial charge in [-0.1, -0.05) is 6.08 Å². The Balaban J connectivity index is 2.53. The smallest absolute Gasteiger partial charge is 0.225 e. The first kappa shape index (κ1) is 11.4. The van der Waals surface area contributed by atoms with Crippen LogP contribution in [0.2, 0.25) is 5.28 Å². The molecule has 0 aromatic carbocycles. The molecule has 3 nitrogen and oxygen atoms in total. The van der Waals surface area contributed by atoms with E-state index in [0.717, 1.165) is 16.0 Å². The van der Waals surface area contributed by atoms with Crippen molar-refractivity contribution in [2.75, 3.05) is 5.32 Å². The van der Waals surface area contributed by atoms with Crippen LogP contribution in [-0.2, 0) is 0 Å². The van der Waals surface area contributed by atoms with E-state index in [9.17, 15) is 0 Å². The Labute approximate surface area is 103 Å². The van der Waals surface area contributed by atoms with Gasteiger partial charge in [0.25, 0.3) is 0 Å². The molecule has 16 heavy (non-hydrogen) atoms. The number of rotatable bonds is 3. The Morgan fingerprint density at radius 2 is 2.31 bits per heavy atom. The van der Waals surface area contributed by atoms with Gasteiger partial charge in [-0.15, -0.1) is 17.9 Å². The summed E-state index contributed by atoms with van der Waals surface area (Å²) in [5, 5.41) is 4.53. The van der Waals surface area contributed by atoms with E-state index >= 15 is 0 Å². The van der Waals surface area contributed by atoms with Crippen LogP contribution in [0.3, 0.4) is 0 Å². The number of hydrogen-bond donors (Lipinski definition) is 1. The second kappa shape index (κ2) is 4.39. The minimum Gasteiger partial charge on any atom is -0.363 e. The molecule has 0 amide bonds. The van der Waals surface area contributed by atoms with Crippen molar-refractivity contribution in [3.05, 3.63) is 28.9 Å². The topological polar surface area (TPSA) is 37.8 Å². The molecule has 2 aromatic heterocycles. The summed E-state index contributed by atoms with van der Waals surface area (Å²) in [5.41, 5.74) is 0. The maximum Gasteiger partial charge on any atom is 0.225 e. The number of fused-ring (bicyclic) bond motifs is 1. The van der Waals surface area contributed by atoms with Gasteiger partial charge in [-0.05, 0) is 31.5 Å². The van der Waals surface area contributed by atoms with Crippen molar-refractivity contribution < 1.29 is 0 Å². The summed E-state index contributed by atoms with van der Waals surface area (Å²) in [6.07, 6.45) is 1.82. The summed E-state index contributed by atoms with van der Waals surface area (Å²) in [7, 11) is 0. The lowest BCUT2D eigenvalue weighted by molar-refractivity contribution is 0.985. The SMILES string of the molecule is C=CC(C)Nc1nc(Cl)nc2sc(C)cc12. The van der Waals surface area contributed by atoms with Gasteiger partial charge >= 0.3 is 0 Å². The second-order valence-corrected chi connectivity index (χ2v) is 5.16. The van der Waals surface area contributed by atoms with E-state index in [1.165, 1.54) is 4.88 Å². The molecule has 2 aromatic rings. The summed E-state index contributed by atoms with van der Waals surface area (Å²) in [6, 6.07) is 2.21. The van der Waals surface area contributed by atoms with Gasteiger partial charge in [-0.3, -0.25) is 0 Å². The van der Waals surface area contributed by atoms with Crippen LogP contribution in [0.15, 0.2) is 18.7 Å². The number of anilines is 1. The number of halogens is 1. The van der Waals surface area contributed by atoms with Crippen LogP contribution in [0.1, 0.15) is 11.8 Å². The number of nitrogens with one attached hydrogen (secondary N) is 1. The third-order valence-electron chi connectivity index (χ3n) is 2.21. The zero-order valence-electron chi connectivity index (χ0n) is 9.12. The van der Waals surface area contributed by atoms with Gasteiger partial charge in [0.05, 0.1) is 5.39 Å². The van der Waals surface area contributed by atoms with Crippen molar-refractivity contribution in [2.24, 2.45) is 0 Å². The lowest BCUT2D eigenvalue weighted by Gasteiger charge is -2.10. The van der Waals surface area contributed by atoms with Gasteiger partial charge in [0, 0.05) is 10.9 Å². The zero-order chi connectivity index (χ0) is 11.7. The fourth-order valence-electron chi connectivity index (χ4n) is 1.40. The van der Waals surface area contributed by atoms with E-state index in [2.05, 4.69) is 27.9 Å². The molecule has 0 spiro atoms. The van der Waals surface area contributed by atoms with Crippen molar-refractivity contribution in [3.8, 4) is 0 Å². The van der Waals surface area contributed by atoms with Crippen LogP contribution < -0.4 is 5.32 Å². The molecule has 5 heteroatoms. The van der Waals surface area contributed by atoms with Crippen LogP contribution in [-0.4, -0.2) is 16.0 Å². The Hall–Kier alpha value is -1.13. The largest absolute Gasteiger partial charge is 0.363 e. The number of aromatic nitrogens is 2. The van der Waals surface area contributed by atoms with E-state index in [4.69, 9.17) is 11.6 Å². The highest BCUT2D eigenvalue weighted by atomic mass is 35.5. The van der Waals surface area contributed by atoms with E-state index in [0.29, 0.717) is 0 Å². The molecule has 0 saturated carbocycles. The van der Waals surface area contributed by atoms with E-state index in [-0.39, 0.29) is 11.3 Å². The maximum atomic E-state index is 5.88. The molecule has 0 radical (unpaired) electrons. The van der Waals surface area contributed by atoms with E-state index in [1.54, 1.807) is 11.3 Å². The van der Waals surface area contributed by atoms with Gasteiger partial charge in [0.2, 0.25) is 5.28 Å². The fraction of sp³-hybridized carbons (Fsp3) is 0.273. The van der Waals surface area contributed by atoms with Crippen molar-refractivity contribution in [3.63, 3.8) is 0 Å². The fourth-order valence-corrected chi connectivity index (χ4v) is 2.50. The molecule has 2 rings (SSSR count). The standard InChI is InChI=1S/C11H12ClN3S/c1-4-6(2)13-9-8-5-7(3)16-10(8)15-11(12)14-9/h4-6H,1H2,2-3H3,(H,13,14,15).